The maximum absolute atomic E-state index is 12.2. The van der Waals surface area contributed by atoms with Crippen LogP contribution in [0.2, 0.25) is 0 Å². The van der Waals surface area contributed by atoms with Crippen LogP contribution in [-0.2, 0) is 4.79 Å². The first-order chi connectivity index (χ1) is 11.2. The third kappa shape index (κ3) is 3.34. The van der Waals surface area contributed by atoms with Gasteiger partial charge in [0.1, 0.15) is 11.5 Å². The molecule has 0 amide bonds. The minimum atomic E-state index is 0.122. The van der Waals surface area contributed by atoms with E-state index in [0.717, 1.165) is 33.8 Å². The molecule has 0 aliphatic heterocycles. The van der Waals surface area contributed by atoms with Gasteiger partial charge in [0.25, 0.3) is 0 Å². The molecule has 0 unspecified atom stereocenters. The van der Waals surface area contributed by atoms with E-state index in [9.17, 15) is 4.79 Å². The molecular formula is C20H18O3. The highest BCUT2D eigenvalue weighted by Gasteiger charge is 2.26. The molecule has 0 atom stereocenters. The number of rotatable bonds is 4. The van der Waals surface area contributed by atoms with E-state index in [4.69, 9.17) is 9.47 Å². The van der Waals surface area contributed by atoms with Gasteiger partial charge in [0, 0.05) is 17.6 Å². The van der Waals surface area contributed by atoms with Gasteiger partial charge in [-0.3, -0.25) is 4.79 Å². The van der Waals surface area contributed by atoms with Crippen molar-refractivity contribution in [2.24, 2.45) is 0 Å². The molecule has 0 N–H and O–H groups in total. The van der Waals surface area contributed by atoms with Crippen molar-refractivity contribution >= 4 is 17.9 Å². The molecular weight excluding hydrogens is 288 g/mol. The number of methoxy groups -OCH3 is 2. The summed E-state index contributed by atoms with van der Waals surface area (Å²) < 4.78 is 10.3. The van der Waals surface area contributed by atoms with E-state index in [1.54, 1.807) is 14.2 Å². The molecule has 3 nitrogen and oxygen atoms in total. The van der Waals surface area contributed by atoms with Gasteiger partial charge in [-0.15, -0.1) is 0 Å². The molecule has 2 aromatic rings. The lowest BCUT2D eigenvalue weighted by Crippen LogP contribution is -2.18. The fraction of sp³-hybridized carbons (Fsp3) is 0.150. The highest BCUT2D eigenvalue weighted by atomic mass is 16.5. The Bertz CT molecular complexity index is 700. The molecule has 3 heteroatoms. The quantitative estimate of drug-likeness (QED) is 0.796. The molecule has 3 rings (SSSR count). The number of allylic oxidation sites excluding steroid dienone is 2. The highest BCUT2D eigenvalue weighted by molar-refractivity contribution is 6.20. The van der Waals surface area contributed by atoms with Crippen molar-refractivity contribution in [1.82, 2.24) is 0 Å². The molecule has 116 valence electrons. The lowest BCUT2D eigenvalue weighted by atomic mass is 9.82. The first-order valence-corrected chi connectivity index (χ1v) is 7.43. The summed E-state index contributed by atoms with van der Waals surface area (Å²) in [5.41, 5.74) is 3.71. The van der Waals surface area contributed by atoms with Crippen molar-refractivity contribution in [3.63, 3.8) is 0 Å². The van der Waals surface area contributed by atoms with Crippen LogP contribution in [0.4, 0.5) is 0 Å². The van der Waals surface area contributed by atoms with E-state index in [0.29, 0.717) is 6.42 Å². The fourth-order valence-corrected chi connectivity index (χ4v) is 2.50. The van der Waals surface area contributed by atoms with E-state index in [-0.39, 0.29) is 5.78 Å². The predicted octanol–water partition coefficient (Wildman–Crippen LogP) is 4.14. The van der Waals surface area contributed by atoms with E-state index in [1.807, 2.05) is 60.7 Å². The molecule has 1 aliphatic carbocycles. The van der Waals surface area contributed by atoms with Crippen LogP contribution in [0.1, 0.15) is 17.5 Å². The third-order valence-corrected chi connectivity index (χ3v) is 3.88. The van der Waals surface area contributed by atoms with Gasteiger partial charge in [0.05, 0.1) is 14.2 Å². The Morgan fingerprint density at radius 1 is 0.739 bits per heavy atom. The molecule has 0 heterocycles. The Hall–Kier alpha value is -2.81. The largest absolute Gasteiger partial charge is 0.497 e. The van der Waals surface area contributed by atoms with Crippen molar-refractivity contribution in [2.45, 2.75) is 6.42 Å². The van der Waals surface area contributed by atoms with E-state index in [1.165, 1.54) is 0 Å². The summed E-state index contributed by atoms with van der Waals surface area (Å²) in [4.78, 5) is 12.2. The SMILES string of the molecule is COc1ccc(/C=C2/C/C(=C\c3ccc(OC)cc3)C2=O)cc1. The molecule has 1 fully saturated rings. The average Bonchev–Trinajstić information content (AvgIpc) is 2.61. The minimum Gasteiger partial charge on any atom is -0.497 e. The zero-order chi connectivity index (χ0) is 16.2. The standard InChI is InChI=1S/C20H18O3/c1-22-18-7-3-14(4-8-18)11-16-13-17(20(16)21)12-15-5-9-19(23-2)10-6-15/h3-12H,13H2,1-2H3/b16-11-,17-12+. The number of ether oxygens (including phenoxy) is 2. The van der Waals surface area contributed by atoms with Crippen LogP contribution in [0.3, 0.4) is 0 Å². The van der Waals surface area contributed by atoms with Crippen molar-refractivity contribution in [3.05, 3.63) is 70.8 Å². The summed E-state index contributed by atoms with van der Waals surface area (Å²) in [6.07, 6.45) is 4.58. The third-order valence-electron chi connectivity index (χ3n) is 3.88. The van der Waals surface area contributed by atoms with Crippen LogP contribution < -0.4 is 9.47 Å². The van der Waals surface area contributed by atoms with E-state index in [2.05, 4.69) is 0 Å². The van der Waals surface area contributed by atoms with Crippen molar-refractivity contribution in [2.75, 3.05) is 14.2 Å². The summed E-state index contributed by atoms with van der Waals surface area (Å²) >= 11 is 0. The summed E-state index contributed by atoms with van der Waals surface area (Å²) in [5, 5.41) is 0. The smallest absolute Gasteiger partial charge is 0.185 e. The second-order valence-electron chi connectivity index (χ2n) is 5.39. The van der Waals surface area contributed by atoms with Gasteiger partial charge in [0.2, 0.25) is 0 Å². The summed E-state index contributed by atoms with van der Waals surface area (Å²) in [5.74, 6) is 1.75. The fourth-order valence-electron chi connectivity index (χ4n) is 2.50. The topological polar surface area (TPSA) is 35.5 Å². The molecule has 0 saturated heterocycles. The predicted molar refractivity (Wildman–Crippen MR) is 91.6 cm³/mol. The summed E-state index contributed by atoms with van der Waals surface area (Å²) in [7, 11) is 3.28. The first-order valence-electron chi connectivity index (χ1n) is 7.43. The van der Waals surface area contributed by atoms with Crippen LogP contribution in [0.15, 0.2) is 59.7 Å². The van der Waals surface area contributed by atoms with Crippen molar-refractivity contribution in [1.29, 1.82) is 0 Å². The molecule has 0 radical (unpaired) electrons. The normalized spacial score (nSPS) is 17.2. The maximum atomic E-state index is 12.2. The highest BCUT2D eigenvalue weighted by Crippen LogP contribution is 2.32. The molecule has 0 spiro atoms. The van der Waals surface area contributed by atoms with E-state index >= 15 is 0 Å². The Morgan fingerprint density at radius 2 is 1.13 bits per heavy atom. The van der Waals surface area contributed by atoms with Crippen molar-refractivity contribution in [3.8, 4) is 11.5 Å². The zero-order valence-corrected chi connectivity index (χ0v) is 13.2. The number of carbonyl (C=O) groups excluding carboxylic acids is 1. The molecule has 23 heavy (non-hydrogen) atoms. The van der Waals surface area contributed by atoms with Crippen LogP contribution in [0, 0.1) is 0 Å². The number of hydrogen-bond donors (Lipinski definition) is 0. The summed E-state index contributed by atoms with van der Waals surface area (Å²) in [6.45, 7) is 0. The number of Topliss-reactive ketones (excluding diaryl/α,β-unsaturated/α-hetero) is 1. The number of carbonyl (C=O) groups is 1. The summed E-state index contributed by atoms with van der Waals surface area (Å²) in [6, 6.07) is 15.4. The minimum absolute atomic E-state index is 0.122. The van der Waals surface area contributed by atoms with Gasteiger partial charge < -0.3 is 9.47 Å². The Morgan fingerprint density at radius 3 is 1.43 bits per heavy atom. The second-order valence-corrected chi connectivity index (χ2v) is 5.39. The van der Waals surface area contributed by atoms with Gasteiger partial charge in [-0.05, 0) is 47.5 Å². The van der Waals surface area contributed by atoms with Gasteiger partial charge in [0.15, 0.2) is 5.78 Å². The molecule has 0 aromatic heterocycles. The lowest BCUT2D eigenvalue weighted by Gasteiger charge is -2.20. The van der Waals surface area contributed by atoms with Crippen LogP contribution >= 0.6 is 0 Å². The molecule has 1 aliphatic rings. The molecule has 0 bridgehead atoms. The van der Waals surface area contributed by atoms with Gasteiger partial charge in [-0.1, -0.05) is 24.3 Å². The number of hydrogen-bond acceptors (Lipinski definition) is 3. The maximum Gasteiger partial charge on any atom is 0.185 e. The zero-order valence-electron chi connectivity index (χ0n) is 13.2. The van der Waals surface area contributed by atoms with Gasteiger partial charge in [-0.2, -0.15) is 0 Å². The van der Waals surface area contributed by atoms with E-state index < -0.39 is 0 Å². The van der Waals surface area contributed by atoms with Crippen LogP contribution in [0.5, 0.6) is 11.5 Å². The number of ketones is 1. The lowest BCUT2D eigenvalue weighted by molar-refractivity contribution is -0.114. The average molecular weight is 306 g/mol. The van der Waals surface area contributed by atoms with Crippen LogP contribution in [0.25, 0.3) is 12.2 Å². The first kappa shape index (κ1) is 15.1. The monoisotopic (exact) mass is 306 g/mol. The molecule has 1 saturated carbocycles. The van der Waals surface area contributed by atoms with Gasteiger partial charge >= 0.3 is 0 Å². The number of benzene rings is 2. The Kier molecular flexibility index (Phi) is 4.29. The van der Waals surface area contributed by atoms with Crippen molar-refractivity contribution < 1.29 is 14.3 Å². The Balaban J connectivity index is 1.71. The Labute approximate surface area is 135 Å². The molecule has 2 aromatic carbocycles. The second kappa shape index (κ2) is 6.53. The van der Waals surface area contributed by atoms with Gasteiger partial charge in [-0.25, -0.2) is 0 Å². The van der Waals surface area contributed by atoms with Crippen LogP contribution in [-0.4, -0.2) is 20.0 Å².